The number of ether oxygens (including phenoxy) is 1. The molecule has 1 N–H and O–H groups in total. The van der Waals surface area contributed by atoms with Gasteiger partial charge >= 0.3 is 0 Å². The van der Waals surface area contributed by atoms with E-state index >= 15 is 0 Å². The van der Waals surface area contributed by atoms with E-state index in [0.717, 1.165) is 11.3 Å². The largest absolute Gasteiger partial charge is 0.491 e. The van der Waals surface area contributed by atoms with Crippen molar-refractivity contribution in [3.05, 3.63) is 82.0 Å². The molecule has 0 aliphatic rings. The van der Waals surface area contributed by atoms with E-state index in [2.05, 4.69) is 15.3 Å². The van der Waals surface area contributed by atoms with Crippen LogP contribution in [0.25, 0.3) is 0 Å². The van der Waals surface area contributed by atoms with Gasteiger partial charge in [0.2, 0.25) is 11.3 Å². The van der Waals surface area contributed by atoms with Gasteiger partial charge in [0.05, 0.1) is 13.3 Å². The number of carbonyl (C=O) groups is 1. The average molecular weight is 410 g/mol. The predicted molar refractivity (Wildman–Crippen MR) is 112 cm³/mol. The zero-order chi connectivity index (χ0) is 20.6. The second-order valence-electron chi connectivity index (χ2n) is 6.36. The molecule has 0 fully saturated rings. The van der Waals surface area contributed by atoms with Crippen molar-refractivity contribution in [2.75, 3.05) is 7.11 Å². The van der Waals surface area contributed by atoms with Gasteiger partial charge in [-0.3, -0.25) is 9.59 Å². The summed E-state index contributed by atoms with van der Waals surface area (Å²) in [4.78, 5) is 33.2. The minimum Gasteiger partial charge on any atom is -0.491 e. The molecule has 150 valence electrons. The highest BCUT2D eigenvalue weighted by atomic mass is 32.2. The number of aryl methyl sites for hydroxylation is 1. The summed E-state index contributed by atoms with van der Waals surface area (Å²) in [6.07, 6.45) is 3.26. The summed E-state index contributed by atoms with van der Waals surface area (Å²) in [6.45, 7) is 2.42. The van der Waals surface area contributed by atoms with Gasteiger partial charge in [0.15, 0.2) is 10.9 Å². The van der Waals surface area contributed by atoms with E-state index in [1.165, 1.54) is 24.9 Å². The summed E-state index contributed by atoms with van der Waals surface area (Å²) in [5, 5.41) is 3.52. The molecule has 0 bridgehead atoms. The molecule has 0 saturated heterocycles. The standard InChI is InChI=1S/C21H22N4O3S/c1-15-8-9-22-21(24-15)29-14-17-10-18(26)19(28-2)12-25(17)13-20(27)23-11-16-6-4-3-5-7-16/h3-10,12H,11,13-14H2,1-2H3,(H,23,27). The van der Waals surface area contributed by atoms with Crippen LogP contribution in [0, 0.1) is 6.92 Å². The van der Waals surface area contributed by atoms with Crippen LogP contribution in [0.4, 0.5) is 0 Å². The molecule has 7 nitrogen and oxygen atoms in total. The van der Waals surface area contributed by atoms with Crippen molar-refractivity contribution < 1.29 is 9.53 Å². The van der Waals surface area contributed by atoms with Crippen LogP contribution >= 0.6 is 11.8 Å². The van der Waals surface area contributed by atoms with Crippen molar-refractivity contribution in [1.82, 2.24) is 19.9 Å². The molecule has 8 heteroatoms. The quantitative estimate of drug-likeness (QED) is 0.454. The van der Waals surface area contributed by atoms with Crippen molar-refractivity contribution in [3.8, 4) is 5.75 Å². The Hall–Kier alpha value is -3.13. The summed E-state index contributed by atoms with van der Waals surface area (Å²) in [6, 6.07) is 13.0. The van der Waals surface area contributed by atoms with E-state index in [4.69, 9.17) is 4.74 Å². The molecule has 0 unspecified atom stereocenters. The molecule has 3 aromatic rings. The lowest BCUT2D eigenvalue weighted by molar-refractivity contribution is -0.121. The number of methoxy groups -OCH3 is 1. The maximum absolute atomic E-state index is 12.5. The van der Waals surface area contributed by atoms with Crippen LogP contribution in [0.5, 0.6) is 5.75 Å². The minimum atomic E-state index is -0.228. The first-order valence-corrected chi connectivity index (χ1v) is 10.0. The fourth-order valence-electron chi connectivity index (χ4n) is 2.66. The molecule has 0 aliphatic carbocycles. The van der Waals surface area contributed by atoms with Gasteiger partial charge < -0.3 is 14.6 Å². The van der Waals surface area contributed by atoms with Gasteiger partial charge in [0.25, 0.3) is 0 Å². The Bertz CT molecular complexity index is 1040. The Kier molecular flexibility index (Phi) is 7.02. The molecular weight excluding hydrogens is 388 g/mol. The van der Waals surface area contributed by atoms with E-state index in [1.54, 1.807) is 17.0 Å². The molecule has 0 aliphatic heterocycles. The van der Waals surface area contributed by atoms with Gasteiger partial charge in [0, 0.05) is 35.9 Å². The molecule has 0 spiro atoms. The normalized spacial score (nSPS) is 10.6. The Morgan fingerprint density at radius 1 is 1.24 bits per heavy atom. The number of nitrogens with zero attached hydrogens (tertiary/aromatic N) is 3. The summed E-state index contributed by atoms with van der Waals surface area (Å²) < 4.78 is 6.86. The molecule has 3 rings (SSSR count). The molecule has 0 atom stereocenters. The van der Waals surface area contributed by atoms with Crippen molar-refractivity contribution in [2.45, 2.75) is 30.9 Å². The van der Waals surface area contributed by atoms with Gasteiger partial charge in [-0.25, -0.2) is 9.97 Å². The van der Waals surface area contributed by atoms with Crippen molar-refractivity contribution in [2.24, 2.45) is 0 Å². The first-order chi connectivity index (χ1) is 14.0. The summed E-state index contributed by atoms with van der Waals surface area (Å²) in [7, 11) is 1.44. The highest BCUT2D eigenvalue weighted by Crippen LogP contribution is 2.19. The van der Waals surface area contributed by atoms with E-state index in [-0.39, 0.29) is 23.6 Å². The van der Waals surface area contributed by atoms with Gasteiger partial charge in [-0.05, 0) is 18.6 Å². The number of hydrogen-bond donors (Lipinski definition) is 1. The van der Waals surface area contributed by atoms with Crippen molar-refractivity contribution >= 4 is 17.7 Å². The molecule has 2 aromatic heterocycles. The summed E-state index contributed by atoms with van der Waals surface area (Å²) >= 11 is 1.41. The van der Waals surface area contributed by atoms with Crippen LogP contribution < -0.4 is 15.5 Å². The second kappa shape index (κ2) is 9.88. The van der Waals surface area contributed by atoms with E-state index < -0.39 is 0 Å². The van der Waals surface area contributed by atoms with Crippen molar-refractivity contribution in [3.63, 3.8) is 0 Å². The zero-order valence-corrected chi connectivity index (χ0v) is 17.1. The fraction of sp³-hybridized carbons (Fsp3) is 0.238. The lowest BCUT2D eigenvalue weighted by Gasteiger charge is -2.14. The third-order valence-corrected chi connectivity index (χ3v) is 5.07. The Morgan fingerprint density at radius 2 is 2.03 bits per heavy atom. The van der Waals surface area contributed by atoms with Crippen LogP contribution in [-0.2, 0) is 23.6 Å². The van der Waals surface area contributed by atoms with Gasteiger partial charge in [-0.1, -0.05) is 42.1 Å². The van der Waals surface area contributed by atoms with E-state index in [9.17, 15) is 9.59 Å². The number of hydrogen-bond acceptors (Lipinski definition) is 6. The summed E-state index contributed by atoms with van der Waals surface area (Å²) in [5.41, 5.74) is 2.36. The van der Waals surface area contributed by atoms with E-state index in [1.807, 2.05) is 43.3 Å². The third-order valence-electron chi connectivity index (χ3n) is 4.17. The summed E-state index contributed by atoms with van der Waals surface area (Å²) in [5.74, 6) is 0.494. The SMILES string of the molecule is COc1cn(CC(=O)NCc2ccccc2)c(CSc2nccc(C)n2)cc1=O. The monoisotopic (exact) mass is 410 g/mol. The van der Waals surface area contributed by atoms with Gasteiger partial charge in [-0.2, -0.15) is 0 Å². The molecule has 1 aromatic carbocycles. The number of aromatic nitrogens is 3. The number of nitrogens with one attached hydrogen (secondary N) is 1. The third kappa shape index (κ3) is 5.92. The van der Waals surface area contributed by atoms with Crippen LogP contribution in [0.1, 0.15) is 17.0 Å². The highest BCUT2D eigenvalue weighted by Gasteiger charge is 2.12. The molecule has 0 saturated carbocycles. The van der Waals surface area contributed by atoms with Crippen molar-refractivity contribution in [1.29, 1.82) is 0 Å². The number of rotatable bonds is 8. The fourth-order valence-corrected chi connectivity index (χ4v) is 3.53. The Balaban J connectivity index is 1.73. The predicted octanol–water partition coefficient (Wildman–Crippen LogP) is 2.56. The topological polar surface area (TPSA) is 86.1 Å². The van der Waals surface area contributed by atoms with Crippen LogP contribution in [-0.4, -0.2) is 27.6 Å². The minimum absolute atomic E-state index is 0.0774. The molecule has 29 heavy (non-hydrogen) atoms. The maximum atomic E-state index is 12.5. The van der Waals surface area contributed by atoms with Gasteiger partial charge in [-0.15, -0.1) is 0 Å². The number of pyridine rings is 1. The zero-order valence-electron chi connectivity index (χ0n) is 16.3. The first kappa shape index (κ1) is 20.6. The molecule has 2 heterocycles. The Labute approximate surface area is 173 Å². The smallest absolute Gasteiger partial charge is 0.240 e. The van der Waals surface area contributed by atoms with Crippen LogP contribution in [0.2, 0.25) is 0 Å². The van der Waals surface area contributed by atoms with Gasteiger partial charge in [0.1, 0.15) is 6.54 Å². The van der Waals surface area contributed by atoms with Crippen LogP contribution in [0.3, 0.4) is 0 Å². The Morgan fingerprint density at radius 3 is 2.76 bits per heavy atom. The second-order valence-corrected chi connectivity index (χ2v) is 7.30. The lowest BCUT2D eigenvalue weighted by Crippen LogP contribution is -2.28. The average Bonchev–Trinajstić information content (AvgIpc) is 2.73. The number of benzene rings is 1. The lowest BCUT2D eigenvalue weighted by atomic mass is 10.2. The molecular formula is C21H22N4O3S. The maximum Gasteiger partial charge on any atom is 0.240 e. The molecule has 1 amide bonds. The number of thioether (sulfide) groups is 1. The molecule has 0 radical (unpaired) electrons. The van der Waals surface area contributed by atoms with E-state index in [0.29, 0.717) is 23.1 Å². The number of carbonyl (C=O) groups excluding carboxylic acids is 1. The van der Waals surface area contributed by atoms with Crippen LogP contribution in [0.15, 0.2) is 64.8 Å². The highest BCUT2D eigenvalue weighted by molar-refractivity contribution is 7.98. The number of amides is 1. The first-order valence-electron chi connectivity index (χ1n) is 9.05.